The molecule has 0 N–H and O–H groups in total. The average Bonchev–Trinajstić information content (AvgIpc) is 2.86. The average molecular weight is 286 g/mol. The monoisotopic (exact) mass is 286 g/mol. The lowest BCUT2D eigenvalue weighted by Crippen LogP contribution is -2.26. The summed E-state index contributed by atoms with van der Waals surface area (Å²) in [6.45, 7) is 2.28. The first kappa shape index (κ1) is 13.3. The van der Waals surface area contributed by atoms with Gasteiger partial charge in [0.2, 0.25) is 0 Å². The molecule has 3 heterocycles. The minimum atomic E-state index is -0.487. The molecular weight excluding hydrogens is 272 g/mol. The molecule has 0 radical (unpaired) electrons. The Morgan fingerprint density at radius 2 is 2.24 bits per heavy atom. The Morgan fingerprint density at radius 1 is 1.43 bits per heavy atom. The standard InChI is InChI=1S/C14H14N4O3/c1-3-21-14(20)12-10-7-17(2)13(19)11-9(5-4-6-15-11)18(10)8-16-12/h4-6,8H,3,7H2,1-2H3. The molecular formula is C14H14N4O3. The molecule has 0 saturated heterocycles. The fourth-order valence-corrected chi connectivity index (χ4v) is 2.34. The Bertz CT molecular complexity index is 723. The van der Waals surface area contributed by atoms with Gasteiger partial charge >= 0.3 is 5.97 Å². The van der Waals surface area contributed by atoms with Crippen LogP contribution >= 0.6 is 0 Å². The van der Waals surface area contributed by atoms with Gasteiger partial charge in [-0.3, -0.25) is 9.36 Å². The molecule has 0 aliphatic carbocycles. The third kappa shape index (κ3) is 2.06. The number of imidazole rings is 1. The van der Waals surface area contributed by atoms with E-state index in [1.54, 1.807) is 36.9 Å². The van der Waals surface area contributed by atoms with E-state index in [2.05, 4.69) is 9.97 Å². The van der Waals surface area contributed by atoms with Crippen molar-refractivity contribution in [2.75, 3.05) is 13.7 Å². The lowest BCUT2D eigenvalue weighted by molar-refractivity contribution is 0.0515. The van der Waals surface area contributed by atoms with Crippen LogP contribution in [0.25, 0.3) is 5.69 Å². The van der Waals surface area contributed by atoms with Crippen LogP contribution < -0.4 is 0 Å². The molecule has 0 saturated carbocycles. The zero-order valence-corrected chi connectivity index (χ0v) is 11.7. The van der Waals surface area contributed by atoms with E-state index in [9.17, 15) is 9.59 Å². The second-order valence-corrected chi connectivity index (χ2v) is 4.66. The van der Waals surface area contributed by atoms with Crippen LogP contribution in [0.15, 0.2) is 24.7 Å². The zero-order chi connectivity index (χ0) is 15.0. The van der Waals surface area contributed by atoms with E-state index in [1.807, 2.05) is 0 Å². The number of nitrogens with zero attached hydrogens (tertiary/aromatic N) is 4. The van der Waals surface area contributed by atoms with Crippen molar-refractivity contribution in [1.82, 2.24) is 19.4 Å². The Hall–Kier alpha value is -2.70. The molecule has 7 nitrogen and oxygen atoms in total. The van der Waals surface area contributed by atoms with Gasteiger partial charge in [0, 0.05) is 13.2 Å². The summed E-state index contributed by atoms with van der Waals surface area (Å²) >= 11 is 0. The predicted molar refractivity (Wildman–Crippen MR) is 73.1 cm³/mol. The second-order valence-electron chi connectivity index (χ2n) is 4.66. The van der Waals surface area contributed by atoms with Gasteiger partial charge in [-0.1, -0.05) is 0 Å². The fourth-order valence-electron chi connectivity index (χ4n) is 2.34. The molecule has 21 heavy (non-hydrogen) atoms. The van der Waals surface area contributed by atoms with Gasteiger partial charge in [-0.05, 0) is 19.1 Å². The number of aromatic nitrogens is 3. The van der Waals surface area contributed by atoms with Crippen molar-refractivity contribution in [2.24, 2.45) is 0 Å². The largest absolute Gasteiger partial charge is 0.461 e. The summed E-state index contributed by atoms with van der Waals surface area (Å²) in [6, 6.07) is 3.52. The molecule has 1 amide bonds. The first-order valence-electron chi connectivity index (χ1n) is 6.57. The van der Waals surface area contributed by atoms with Crippen molar-refractivity contribution in [3.05, 3.63) is 41.7 Å². The second kappa shape index (κ2) is 5.01. The topological polar surface area (TPSA) is 77.3 Å². The Kier molecular flexibility index (Phi) is 3.17. The van der Waals surface area contributed by atoms with E-state index in [4.69, 9.17) is 4.74 Å². The van der Waals surface area contributed by atoms with E-state index in [0.29, 0.717) is 17.1 Å². The minimum Gasteiger partial charge on any atom is -0.461 e. The SMILES string of the molecule is CCOC(=O)c1ncn2c1CN(C)C(=O)c1ncccc1-2. The Morgan fingerprint density at radius 3 is 3.00 bits per heavy atom. The van der Waals surface area contributed by atoms with E-state index >= 15 is 0 Å². The summed E-state index contributed by atoms with van der Waals surface area (Å²) < 4.78 is 6.73. The predicted octanol–water partition coefficient (Wildman–Crippen LogP) is 1.03. The number of esters is 1. The van der Waals surface area contributed by atoms with Crippen LogP contribution in [0.2, 0.25) is 0 Å². The molecule has 0 atom stereocenters. The number of amides is 1. The van der Waals surface area contributed by atoms with Crippen molar-refractivity contribution in [3.8, 4) is 5.69 Å². The van der Waals surface area contributed by atoms with Gasteiger partial charge in [-0.25, -0.2) is 14.8 Å². The van der Waals surface area contributed by atoms with Gasteiger partial charge in [0.05, 0.1) is 24.5 Å². The highest BCUT2D eigenvalue weighted by Gasteiger charge is 2.29. The maximum Gasteiger partial charge on any atom is 0.358 e. The lowest BCUT2D eigenvalue weighted by atomic mass is 10.2. The van der Waals surface area contributed by atoms with Crippen molar-refractivity contribution in [2.45, 2.75) is 13.5 Å². The molecule has 2 aromatic rings. The van der Waals surface area contributed by atoms with Crippen LogP contribution in [-0.2, 0) is 11.3 Å². The van der Waals surface area contributed by atoms with Crippen LogP contribution in [0.1, 0.15) is 33.6 Å². The highest BCUT2D eigenvalue weighted by Crippen LogP contribution is 2.24. The summed E-state index contributed by atoms with van der Waals surface area (Å²) in [5, 5.41) is 0. The van der Waals surface area contributed by atoms with Gasteiger partial charge in [0.25, 0.3) is 5.91 Å². The smallest absolute Gasteiger partial charge is 0.358 e. The lowest BCUT2D eigenvalue weighted by Gasteiger charge is -2.13. The summed E-state index contributed by atoms with van der Waals surface area (Å²) in [5.41, 5.74) is 1.81. The Labute approximate surface area is 121 Å². The van der Waals surface area contributed by atoms with E-state index in [0.717, 1.165) is 0 Å². The summed E-state index contributed by atoms with van der Waals surface area (Å²) in [4.78, 5) is 34.1. The van der Waals surface area contributed by atoms with Crippen LogP contribution in [0, 0.1) is 0 Å². The van der Waals surface area contributed by atoms with E-state index < -0.39 is 5.97 Å². The van der Waals surface area contributed by atoms with Gasteiger partial charge in [0.15, 0.2) is 11.4 Å². The highest BCUT2D eigenvalue weighted by atomic mass is 16.5. The first-order valence-corrected chi connectivity index (χ1v) is 6.57. The van der Waals surface area contributed by atoms with Gasteiger partial charge in [0.1, 0.15) is 6.33 Å². The molecule has 7 heteroatoms. The molecule has 0 unspecified atom stereocenters. The quantitative estimate of drug-likeness (QED) is 0.771. The highest BCUT2D eigenvalue weighted by molar-refractivity contribution is 5.97. The molecule has 108 valence electrons. The number of carbonyl (C=O) groups excluding carboxylic acids is 2. The third-order valence-electron chi connectivity index (χ3n) is 3.32. The van der Waals surface area contributed by atoms with Crippen molar-refractivity contribution in [1.29, 1.82) is 0 Å². The van der Waals surface area contributed by atoms with Crippen LogP contribution in [-0.4, -0.2) is 45.0 Å². The van der Waals surface area contributed by atoms with Crippen molar-refractivity contribution < 1.29 is 14.3 Å². The number of rotatable bonds is 2. The molecule has 1 aliphatic rings. The molecule has 0 aromatic carbocycles. The number of hydrogen-bond acceptors (Lipinski definition) is 5. The van der Waals surface area contributed by atoms with Crippen LogP contribution in [0.3, 0.4) is 0 Å². The normalized spacial score (nSPS) is 13.4. The molecule has 0 bridgehead atoms. The Balaban J connectivity index is 2.18. The van der Waals surface area contributed by atoms with E-state index in [1.165, 1.54) is 11.2 Å². The van der Waals surface area contributed by atoms with Crippen LogP contribution in [0.4, 0.5) is 0 Å². The van der Waals surface area contributed by atoms with Crippen molar-refractivity contribution in [3.63, 3.8) is 0 Å². The van der Waals surface area contributed by atoms with Gasteiger partial charge in [-0.2, -0.15) is 0 Å². The third-order valence-corrected chi connectivity index (χ3v) is 3.32. The zero-order valence-electron chi connectivity index (χ0n) is 11.7. The number of carbonyl (C=O) groups is 2. The number of ether oxygens (including phenoxy) is 1. The number of fused-ring (bicyclic) bond motifs is 3. The number of hydrogen-bond donors (Lipinski definition) is 0. The van der Waals surface area contributed by atoms with Crippen LogP contribution in [0.5, 0.6) is 0 Å². The molecule has 0 fully saturated rings. The van der Waals surface area contributed by atoms with Gasteiger partial charge < -0.3 is 9.64 Å². The number of pyridine rings is 1. The molecule has 2 aromatic heterocycles. The summed E-state index contributed by atoms with van der Waals surface area (Å²) in [7, 11) is 1.67. The minimum absolute atomic E-state index is 0.191. The van der Waals surface area contributed by atoms with E-state index in [-0.39, 0.29) is 24.8 Å². The fraction of sp³-hybridized carbons (Fsp3) is 0.286. The maximum atomic E-state index is 12.3. The molecule has 3 rings (SSSR count). The maximum absolute atomic E-state index is 12.3. The van der Waals surface area contributed by atoms with Gasteiger partial charge in [-0.15, -0.1) is 0 Å². The summed E-state index contributed by atoms with van der Waals surface area (Å²) in [6.07, 6.45) is 3.09. The molecule has 0 spiro atoms. The summed E-state index contributed by atoms with van der Waals surface area (Å²) in [5.74, 6) is -0.677. The molecule has 1 aliphatic heterocycles. The van der Waals surface area contributed by atoms with Crippen molar-refractivity contribution >= 4 is 11.9 Å². The first-order chi connectivity index (χ1) is 10.1.